The maximum atomic E-state index is 16.9. The van der Waals surface area contributed by atoms with Gasteiger partial charge in [-0.15, -0.1) is 0 Å². The number of benzene rings is 2. The van der Waals surface area contributed by atoms with Crippen LogP contribution in [-0.2, 0) is 15.9 Å². The second kappa shape index (κ2) is 11.7. The lowest BCUT2D eigenvalue weighted by Crippen LogP contribution is -2.45. The van der Waals surface area contributed by atoms with E-state index in [1.54, 1.807) is 6.20 Å². The van der Waals surface area contributed by atoms with Gasteiger partial charge in [-0.05, 0) is 68.0 Å². The van der Waals surface area contributed by atoms with Crippen molar-refractivity contribution < 1.29 is 23.4 Å². The fourth-order valence-electron chi connectivity index (χ4n) is 7.73. The summed E-state index contributed by atoms with van der Waals surface area (Å²) in [5, 5.41) is 5.36. The Hall–Kier alpha value is -4.09. The van der Waals surface area contributed by atoms with Gasteiger partial charge >= 0.3 is 12.1 Å². The minimum absolute atomic E-state index is 0.0160. The molecule has 4 aromatic rings. The number of alkyl carbamates (subject to hydrolysis) is 1. The van der Waals surface area contributed by atoms with Crippen molar-refractivity contribution in [3.05, 3.63) is 54.0 Å². The average Bonchev–Trinajstić information content (AvgIpc) is 3.55. The topological polar surface area (TPSA) is 102 Å². The molecule has 1 atom stereocenters. The van der Waals surface area contributed by atoms with Crippen LogP contribution in [-0.4, -0.2) is 90.1 Å². The largest absolute Gasteiger partial charge is 0.461 e. The molecule has 234 valence electrons. The number of pyridine rings is 1. The van der Waals surface area contributed by atoms with Crippen LogP contribution in [0.15, 0.2) is 42.6 Å². The number of carbonyl (C=O) groups excluding carboxylic acids is 1. The molecule has 9 rings (SSSR count). The van der Waals surface area contributed by atoms with Gasteiger partial charge in [0.2, 0.25) is 0 Å². The number of aryl methyl sites for hydroxylation is 1. The molecular weight excluding hydrogens is 575 g/mol. The van der Waals surface area contributed by atoms with E-state index in [0.717, 1.165) is 55.1 Å². The van der Waals surface area contributed by atoms with E-state index >= 15 is 4.39 Å². The molecule has 0 radical (unpaired) electrons. The first-order valence-corrected chi connectivity index (χ1v) is 16.1. The molecule has 1 unspecified atom stereocenters. The monoisotopic (exact) mass is 612 g/mol. The van der Waals surface area contributed by atoms with E-state index in [-0.39, 0.29) is 35.4 Å². The number of nitrogens with zero attached hydrogens (tertiary/aromatic N) is 5. The first-order chi connectivity index (χ1) is 22.1. The lowest BCUT2D eigenvalue weighted by Gasteiger charge is -2.31. The normalized spacial score (nSPS) is 21.8. The zero-order chi connectivity index (χ0) is 30.4. The lowest BCUT2D eigenvalue weighted by atomic mass is 9.94. The smallest absolute Gasteiger partial charge is 0.407 e. The van der Waals surface area contributed by atoms with Gasteiger partial charge in [-0.3, -0.25) is 9.88 Å². The highest BCUT2D eigenvalue weighted by Gasteiger charge is 2.45. The first-order valence-electron chi connectivity index (χ1n) is 16.1. The van der Waals surface area contributed by atoms with E-state index in [4.69, 9.17) is 29.2 Å². The molecule has 45 heavy (non-hydrogen) atoms. The number of halogens is 1. The molecule has 5 aliphatic rings. The van der Waals surface area contributed by atoms with Crippen molar-refractivity contribution in [2.45, 2.75) is 50.1 Å². The summed E-state index contributed by atoms with van der Waals surface area (Å²) in [7, 11) is 0. The van der Waals surface area contributed by atoms with Crippen molar-refractivity contribution in [3.63, 3.8) is 0 Å². The van der Waals surface area contributed by atoms with Gasteiger partial charge in [0.1, 0.15) is 23.6 Å². The Morgan fingerprint density at radius 3 is 2.76 bits per heavy atom. The van der Waals surface area contributed by atoms with Crippen LogP contribution in [0.1, 0.15) is 37.7 Å². The molecule has 2 aromatic heterocycles. The molecule has 6 bridgehead atoms. The van der Waals surface area contributed by atoms with Crippen molar-refractivity contribution in [2.75, 3.05) is 57.5 Å². The van der Waals surface area contributed by atoms with Crippen LogP contribution in [0.2, 0.25) is 0 Å². The molecule has 5 aliphatic heterocycles. The molecule has 11 heteroatoms. The van der Waals surface area contributed by atoms with E-state index < -0.39 is 11.9 Å². The summed E-state index contributed by atoms with van der Waals surface area (Å²) in [5.41, 5.74) is 2.12. The van der Waals surface area contributed by atoms with Crippen LogP contribution in [0.3, 0.4) is 0 Å². The number of anilines is 1. The summed E-state index contributed by atoms with van der Waals surface area (Å²) in [5.74, 6) is 0.00198. The fraction of sp³-hybridized carbons (Fsp3) is 0.471. The SMILES string of the molecule is O=C1NC2COCCN(C2)c2nc(OCC34CCCN3CCC4)nc3c(F)c(ncc23)-c2cccc3cccc(c23)CCCO1. The molecule has 7 heterocycles. The number of rotatable bonds is 3. The second-order valence-corrected chi connectivity index (χ2v) is 12.6. The summed E-state index contributed by atoms with van der Waals surface area (Å²) in [4.78, 5) is 31.6. The zero-order valence-corrected chi connectivity index (χ0v) is 25.3. The summed E-state index contributed by atoms with van der Waals surface area (Å²) in [6.07, 6.45) is 6.90. The van der Waals surface area contributed by atoms with E-state index in [1.807, 2.05) is 41.3 Å². The molecule has 1 amide bonds. The molecule has 10 nitrogen and oxygen atoms in total. The lowest BCUT2D eigenvalue weighted by molar-refractivity contribution is 0.108. The zero-order valence-electron chi connectivity index (χ0n) is 25.3. The number of carbonyl (C=O) groups is 1. The molecule has 3 saturated heterocycles. The maximum absolute atomic E-state index is 16.9. The van der Waals surface area contributed by atoms with Crippen LogP contribution >= 0.6 is 0 Å². The summed E-state index contributed by atoms with van der Waals surface area (Å²) >= 11 is 0. The van der Waals surface area contributed by atoms with Gasteiger partial charge in [-0.25, -0.2) is 9.18 Å². The highest BCUT2D eigenvalue weighted by atomic mass is 19.1. The predicted molar refractivity (Wildman–Crippen MR) is 168 cm³/mol. The van der Waals surface area contributed by atoms with Crippen LogP contribution in [0.5, 0.6) is 6.01 Å². The molecule has 0 saturated carbocycles. The predicted octanol–water partition coefficient (Wildman–Crippen LogP) is 4.87. The Morgan fingerprint density at radius 1 is 1.04 bits per heavy atom. The number of hydrogen-bond donors (Lipinski definition) is 1. The van der Waals surface area contributed by atoms with Crippen molar-refractivity contribution in [3.8, 4) is 17.3 Å². The third-order valence-electron chi connectivity index (χ3n) is 9.88. The van der Waals surface area contributed by atoms with Crippen LogP contribution in [0.4, 0.5) is 15.0 Å². The van der Waals surface area contributed by atoms with Crippen molar-refractivity contribution >= 4 is 33.6 Å². The molecule has 1 N–H and O–H groups in total. The molecule has 3 fully saturated rings. The Morgan fingerprint density at radius 2 is 1.89 bits per heavy atom. The number of hydrogen-bond acceptors (Lipinski definition) is 9. The Balaban J connectivity index is 1.29. The number of fused-ring (bicyclic) bond motifs is 7. The number of ether oxygens (including phenoxy) is 3. The van der Waals surface area contributed by atoms with Crippen molar-refractivity contribution in [1.82, 2.24) is 25.2 Å². The second-order valence-electron chi connectivity index (χ2n) is 12.6. The third kappa shape index (κ3) is 5.21. The van der Waals surface area contributed by atoms with E-state index in [0.29, 0.717) is 62.5 Å². The number of nitrogens with one attached hydrogen (secondary N) is 1. The van der Waals surface area contributed by atoms with E-state index in [9.17, 15) is 4.79 Å². The Labute approximate surface area is 260 Å². The van der Waals surface area contributed by atoms with Crippen molar-refractivity contribution in [1.29, 1.82) is 0 Å². The van der Waals surface area contributed by atoms with Crippen LogP contribution in [0.25, 0.3) is 32.9 Å². The van der Waals surface area contributed by atoms with Gasteiger partial charge in [0.15, 0.2) is 5.82 Å². The number of aromatic nitrogens is 3. The van der Waals surface area contributed by atoms with Gasteiger partial charge < -0.3 is 24.4 Å². The van der Waals surface area contributed by atoms with Gasteiger partial charge in [0, 0.05) is 24.8 Å². The fourth-order valence-corrected chi connectivity index (χ4v) is 7.73. The van der Waals surface area contributed by atoms with Crippen molar-refractivity contribution in [2.24, 2.45) is 0 Å². The highest BCUT2D eigenvalue weighted by Crippen LogP contribution is 2.40. The molecule has 2 aromatic carbocycles. The minimum Gasteiger partial charge on any atom is -0.461 e. The van der Waals surface area contributed by atoms with Crippen LogP contribution in [0, 0.1) is 5.82 Å². The summed E-state index contributed by atoms with van der Waals surface area (Å²) < 4.78 is 34.7. The quantitative estimate of drug-likeness (QED) is 0.347. The van der Waals surface area contributed by atoms with Gasteiger partial charge in [-0.1, -0.05) is 36.4 Å². The standard InChI is InChI=1S/C34H37FN6O4/c35-28-29-25-10-2-8-22-6-1-7-23(27(22)25)9-3-16-44-33(42)37-24-19-40(15-17-43-20-24)31-26(18-36-29)30(28)38-32(39-31)45-21-34-11-4-13-41(34)14-5-12-34/h1-2,6-8,10,18,24H,3-5,9,11-17,19-21H2,(H,37,42). The molecule has 0 spiro atoms. The van der Waals surface area contributed by atoms with Gasteiger partial charge in [0.25, 0.3) is 0 Å². The highest BCUT2D eigenvalue weighted by molar-refractivity contribution is 6.00. The molecular formula is C34H37FN6O4. The van der Waals surface area contributed by atoms with E-state index in [1.165, 1.54) is 0 Å². The van der Waals surface area contributed by atoms with Gasteiger partial charge in [-0.2, -0.15) is 9.97 Å². The first kappa shape index (κ1) is 28.4. The van der Waals surface area contributed by atoms with Gasteiger partial charge in [0.05, 0.1) is 36.8 Å². The summed E-state index contributed by atoms with van der Waals surface area (Å²) in [6.45, 7) is 4.50. The number of amides is 1. The Bertz CT molecular complexity index is 1750. The van der Waals surface area contributed by atoms with E-state index in [2.05, 4.69) is 10.2 Å². The molecule has 0 aliphatic carbocycles. The van der Waals surface area contributed by atoms with Crippen LogP contribution < -0.4 is 15.0 Å². The average molecular weight is 613 g/mol. The minimum atomic E-state index is -0.506. The summed E-state index contributed by atoms with van der Waals surface area (Å²) in [6, 6.07) is 11.7. The Kier molecular flexibility index (Phi) is 7.37. The maximum Gasteiger partial charge on any atom is 0.407 e. The third-order valence-corrected chi connectivity index (χ3v) is 9.88.